The second kappa shape index (κ2) is 4.86. The molecule has 4 heteroatoms. The van der Waals surface area contributed by atoms with Crippen molar-refractivity contribution < 1.29 is 9.21 Å². The van der Waals surface area contributed by atoms with E-state index >= 15 is 0 Å². The summed E-state index contributed by atoms with van der Waals surface area (Å²) >= 11 is 5.85. The van der Waals surface area contributed by atoms with Gasteiger partial charge in [0.05, 0.1) is 0 Å². The Morgan fingerprint density at radius 1 is 1.16 bits per heavy atom. The maximum Gasteiger partial charge on any atom is 0.227 e. The quantitative estimate of drug-likeness (QED) is 0.679. The van der Waals surface area contributed by atoms with Gasteiger partial charge < -0.3 is 9.21 Å². The largest absolute Gasteiger partial charge is 0.436 e. The summed E-state index contributed by atoms with van der Waals surface area (Å²) in [6.07, 6.45) is 1.26. The van der Waals surface area contributed by atoms with Crippen molar-refractivity contribution in [3.63, 3.8) is 0 Å². The minimum atomic E-state index is 0.388. The highest BCUT2D eigenvalue weighted by molar-refractivity contribution is 6.30. The second-order valence-corrected chi connectivity index (χ2v) is 4.64. The van der Waals surface area contributed by atoms with E-state index in [0.29, 0.717) is 22.9 Å². The Labute approximate surface area is 114 Å². The van der Waals surface area contributed by atoms with Crippen LogP contribution in [0.15, 0.2) is 46.9 Å². The molecule has 0 unspecified atom stereocenters. The molecule has 3 rings (SSSR count). The molecule has 1 aromatic heterocycles. The first-order valence-corrected chi connectivity index (χ1v) is 6.23. The number of rotatable bonds is 3. The normalized spacial score (nSPS) is 10.8. The molecule has 0 spiro atoms. The van der Waals surface area contributed by atoms with Gasteiger partial charge in [-0.05, 0) is 42.0 Å². The Morgan fingerprint density at radius 2 is 1.95 bits per heavy atom. The smallest absolute Gasteiger partial charge is 0.227 e. The fourth-order valence-corrected chi connectivity index (χ4v) is 2.04. The van der Waals surface area contributed by atoms with Gasteiger partial charge in [-0.3, -0.25) is 0 Å². The third-order valence-electron chi connectivity index (χ3n) is 2.86. The summed E-state index contributed by atoms with van der Waals surface area (Å²) in [5.74, 6) is 0.551. The Balaban J connectivity index is 2.05. The fraction of sp³-hybridized carbons (Fsp3) is 0.0667. The highest BCUT2D eigenvalue weighted by atomic mass is 35.5. The fourth-order valence-electron chi connectivity index (χ4n) is 1.91. The highest BCUT2D eigenvalue weighted by Gasteiger charge is 2.08. The average molecular weight is 272 g/mol. The van der Waals surface area contributed by atoms with E-state index in [-0.39, 0.29) is 0 Å². The molecule has 94 valence electrons. The molecular weight excluding hydrogens is 262 g/mol. The monoisotopic (exact) mass is 271 g/mol. The molecule has 0 atom stereocenters. The number of aldehydes is 1. The number of nitrogens with zero attached hydrogens (tertiary/aromatic N) is 1. The number of halogens is 1. The van der Waals surface area contributed by atoms with Gasteiger partial charge >= 0.3 is 0 Å². The van der Waals surface area contributed by atoms with Crippen molar-refractivity contribution in [1.29, 1.82) is 0 Å². The van der Waals surface area contributed by atoms with Gasteiger partial charge in [-0.15, -0.1) is 0 Å². The first-order chi connectivity index (χ1) is 9.26. The summed E-state index contributed by atoms with van der Waals surface area (Å²) in [5.41, 5.74) is 3.26. The predicted octanol–water partition coefficient (Wildman–Crippen LogP) is 3.89. The number of carbonyl (C=O) groups is 1. The van der Waals surface area contributed by atoms with Gasteiger partial charge in [0.15, 0.2) is 5.58 Å². The van der Waals surface area contributed by atoms with Crippen LogP contribution in [0, 0.1) is 0 Å². The molecule has 0 radical (unpaired) electrons. The molecule has 0 bridgehead atoms. The Bertz CT molecular complexity index is 731. The number of fused-ring (bicyclic) bond motifs is 1. The van der Waals surface area contributed by atoms with Gasteiger partial charge in [0, 0.05) is 17.0 Å². The van der Waals surface area contributed by atoms with Gasteiger partial charge in [-0.2, -0.15) is 0 Å². The van der Waals surface area contributed by atoms with Crippen molar-refractivity contribution in [1.82, 2.24) is 4.98 Å². The van der Waals surface area contributed by atoms with Gasteiger partial charge in [-0.1, -0.05) is 17.7 Å². The zero-order chi connectivity index (χ0) is 13.2. The Morgan fingerprint density at radius 3 is 2.68 bits per heavy atom. The lowest BCUT2D eigenvalue weighted by Crippen LogP contribution is -1.84. The first kappa shape index (κ1) is 11.9. The van der Waals surface area contributed by atoms with Crippen LogP contribution in [-0.2, 0) is 11.2 Å². The summed E-state index contributed by atoms with van der Waals surface area (Å²) in [5, 5.41) is 0.674. The van der Waals surface area contributed by atoms with E-state index in [9.17, 15) is 4.79 Å². The van der Waals surface area contributed by atoms with Crippen LogP contribution < -0.4 is 0 Å². The molecule has 3 nitrogen and oxygen atoms in total. The average Bonchev–Trinajstić information content (AvgIpc) is 2.83. The first-order valence-electron chi connectivity index (χ1n) is 5.85. The number of oxazole rings is 1. The molecule has 2 aromatic carbocycles. The van der Waals surface area contributed by atoms with E-state index in [1.54, 1.807) is 12.1 Å². The lowest BCUT2D eigenvalue weighted by Gasteiger charge is -1.94. The zero-order valence-corrected chi connectivity index (χ0v) is 10.7. The van der Waals surface area contributed by atoms with Crippen LogP contribution >= 0.6 is 11.6 Å². The predicted molar refractivity (Wildman–Crippen MR) is 74.2 cm³/mol. The highest BCUT2D eigenvalue weighted by Crippen LogP contribution is 2.25. The molecule has 1 heterocycles. The van der Waals surface area contributed by atoms with Gasteiger partial charge in [0.1, 0.15) is 11.8 Å². The lowest BCUT2D eigenvalue weighted by molar-refractivity contribution is -0.107. The Hall–Kier alpha value is -2.13. The van der Waals surface area contributed by atoms with Gasteiger partial charge in [0.2, 0.25) is 5.89 Å². The third-order valence-corrected chi connectivity index (χ3v) is 3.11. The van der Waals surface area contributed by atoms with Crippen molar-refractivity contribution in [2.45, 2.75) is 6.42 Å². The van der Waals surface area contributed by atoms with Crippen LogP contribution in [0.4, 0.5) is 0 Å². The molecule has 0 N–H and O–H groups in total. The maximum absolute atomic E-state index is 10.5. The minimum absolute atomic E-state index is 0.388. The van der Waals surface area contributed by atoms with Crippen LogP contribution in [0.3, 0.4) is 0 Å². The summed E-state index contributed by atoms with van der Waals surface area (Å²) in [6, 6.07) is 12.9. The topological polar surface area (TPSA) is 43.1 Å². The SMILES string of the molecule is O=CCc1ccc2oc(-c3ccc(Cl)cc3)nc2c1. The van der Waals surface area contributed by atoms with E-state index in [0.717, 1.165) is 22.9 Å². The number of hydrogen-bond acceptors (Lipinski definition) is 3. The van der Waals surface area contributed by atoms with E-state index in [2.05, 4.69) is 4.98 Å². The van der Waals surface area contributed by atoms with Crippen molar-refractivity contribution in [3.8, 4) is 11.5 Å². The molecule has 0 aliphatic carbocycles. The van der Waals surface area contributed by atoms with Crippen LogP contribution in [0.25, 0.3) is 22.6 Å². The maximum atomic E-state index is 10.5. The van der Waals surface area contributed by atoms with Crippen LogP contribution in [-0.4, -0.2) is 11.3 Å². The third kappa shape index (κ3) is 2.37. The molecule has 0 fully saturated rings. The summed E-state index contributed by atoms with van der Waals surface area (Å²) in [7, 11) is 0. The summed E-state index contributed by atoms with van der Waals surface area (Å²) in [6.45, 7) is 0. The minimum Gasteiger partial charge on any atom is -0.436 e. The van der Waals surface area contributed by atoms with E-state index in [4.69, 9.17) is 16.0 Å². The van der Waals surface area contributed by atoms with Crippen LogP contribution in [0.1, 0.15) is 5.56 Å². The zero-order valence-electron chi connectivity index (χ0n) is 9.97. The molecule has 0 amide bonds. The van der Waals surface area contributed by atoms with Crippen molar-refractivity contribution in [2.75, 3.05) is 0 Å². The van der Waals surface area contributed by atoms with Crippen LogP contribution in [0.5, 0.6) is 0 Å². The number of hydrogen-bond donors (Lipinski definition) is 0. The molecule has 0 saturated carbocycles. The Kier molecular flexibility index (Phi) is 3.05. The number of carbonyl (C=O) groups excluding carboxylic acids is 1. The van der Waals surface area contributed by atoms with E-state index < -0.39 is 0 Å². The van der Waals surface area contributed by atoms with Crippen LogP contribution in [0.2, 0.25) is 5.02 Å². The lowest BCUT2D eigenvalue weighted by atomic mass is 10.1. The summed E-state index contributed by atoms with van der Waals surface area (Å²) in [4.78, 5) is 14.9. The van der Waals surface area contributed by atoms with Crippen molar-refractivity contribution >= 4 is 29.0 Å². The standard InChI is InChI=1S/C15H10ClNO2/c16-12-4-2-11(3-5-12)15-17-13-9-10(7-8-18)1-6-14(13)19-15/h1-6,8-9H,7H2. The summed E-state index contributed by atoms with van der Waals surface area (Å²) < 4.78 is 5.68. The number of aromatic nitrogens is 1. The molecule has 0 aliphatic heterocycles. The molecule has 0 saturated heterocycles. The molecule has 3 aromatic rings. The van der Waals surface area contributed by atoms with Gasteiger partial charge in [-0.25, -0.2) is 4.98 Å². The molecular formula is C15H10ClNO2. The van der Waals surface area contributed by atoms with Crippen molar-refractivity contribution in [3.05, 3.63) is 53.1 Å². The van der Waals surface area contributed by atoms with Gasteiger partial charge in [0.25, 0.3) is 0 Å². The van der Waals surface area contributed by atoms with E-state index in [1.165, 1.54) is 0 Å². The second-order valence-electron chi connectivity index (χ2n) is 4.20. The van der Waals surface area contributed by atoms with Crippen molar-refractivity contribution in [2.24, 2.45) is 0 Å². The molecule has 0 aliphatic rings. The van der Waals surface area contributed by atoms with E-state index in [1.807, 2.05) is 30.3 Å². The molecule has 19 heavy (non-hydrogen) atoms. The number of benzene rings is 2.